The van der Waals surface area contributed by atoms with Gasteiger partial charge < -0.3 is 14.5 Å². The number of aryl methyl sites for hydroxylation is 1. The molecule has 142 valence electrons. The number of nitrogens with zero attached hydrogens (tertiary/aromatic N) is 2. The lowest BCUT2D eigenvalue weighted by Crippen LogP contribution is -2.28. The number of hydrogen-bond donors (Lipinski definition) is 1. The van der Waals surface area contributed by atoms with Crippen molar-refractivity contribution in [1.29, 1.82) is 0 Å². The number of ether oxygens (including phenoxy) is 1. The highest BCUT2D eigenvalue weighted by molar-refractivity contribution is 7.08. The first-order chi connectivity index (χ1) is 13.8. The number of thiophene rings is 1. The third-order valence-electron chi connectivity index (χ3n) is 4.23. The maximum Gasteiger partial charge on any atom is 0.248 e. The summed E-state index contributed by atoms with van der Waals surface area (Å²) in [4.78, 5) is 12.0. The van der Waals surface area contributed by atoms with Crippen molar-refractivity contribution >= 4 is 28.0 Å². The molecule has 2 heterocycles. The molecule has 28 heavy (non-hydrogen) atoms. The molecule has 2 aromatic heterocycles. The van der Waals surface area contributed by atoms with Gasteiger partial charge in [-0.3, -0.25) is 4.79 Å². The van der Waals surface area contributed by atoms with Crippen molar-refractivity contribution in [3.8, 4) is 17.2 Å². The van der Waals surface area contributed by atoms with E-state index in [9.17, 15) is 4.79 Å². The Balaban J connectivity index is 1.21. The maximum absolute atomic E-state index is 12.0. The van der Waals surface area contributed by atoms with Crippen molar-refractivity contribution in [2.24, 2.45) is 0 Å². The van der Waals surface area contributed by atoms with Gasteiger partial charge in [0.25, 0.3) is 0 Å². The molecule has 4 aromatic rings. The second kappa shape index (κ2) is 8.67. The Morgan fingerprint density at radius 2 is 2.00 bits per heavy atom. The fourth-order valence-corrected chi connectivity index (χ4v) is 3.47. The molecule has 2 aromatic carbocycles. The molecule has 6 nitrogen and oxygen atoms in total. The topological polar surface area (TPSA) is 77.2 Å². The van der Waals surface area contributed by atoms with E-state index in [-0.39, 0.29) is 5.91 Å². The molecule has 0 radical (unpaired) electrons. The third-order valence-corrected chi connectivity index (χ3v) is 4.92. The van der Waals surface area contributed by atoms with Crippen LogP contribution in [0.15, 0.2) is 63.7 Å². The van der Waals surface area contributed by atoms with E-state index in [2.05, 4.69) is 15.5 Å². The van der Waals surface area contributed by atoms with Crippen LogP contribution in [-0.2, 0) is 11.2 Å². The smallest absolute Gasteiger partial charge is 0.248 e. The van der Waals surface area contributed by atoms with E-state index in [0.29, 0.717) is 37.8 Å². The van der Waals surface area contributed by atoms with Crippen molar-refractivity contribution in [3.63, 3.8) is 0 Å². The molecular formula is C21H19N3O3S. The monoisotopic (exact) mass is 393 g/mol. The summed E-state index contributed by atoms with van der Waals surface area (Å²) in [5.74, 6) is 1.69. The third kappa shape index (κ3) is 4.37. The Bertz CT molecular complexity index is 1050. The number of hydrogen-bond acceptors (Lipinski definition) is 6. The fraction of sp³-hybridized carbons (Fsp3) is 0.190. The molecule has 0 atom stereocenters. The lowest BCUT2D eigenvalue weighted by Gasteiger charge is -2.10. The highest BCUT2D eigenvalue weighted by Crippen LogP contribution is 2.25. The summed E-state index contributed by atoms with van der Waals surface area (Å²) < 4.78 is 11.4. The fourth-order valence-electron chi connectivity index (χ4n) is 2.84. The molecule has 0 unspecified atom stereocenters. The first-order valence-corrected chi connectivity index (χ1v) is 9.96. The lowest BCUT2D eigenvalue weighted by atomic mass is 10.1. The molecule has 0 aliphatic rings. The number of rotatable bonds is 8. The predicted octanol–water partition coefficient (Wildman–Crippen LogP) is 4.08. The number of fused-ring (bicyclic) bond motifs is 1. The van der Waals surface area contributed by atoms with Crippen molar-refractivity contribution in [3.05, 3.63) is 65.2 Å². The van der Waals surface area contributed by atoms with E-state index in [0.717, 1.165) is 22.1 Å². The van der Waals surface area contributed by atoms with Gasteiger partial charge in [-0.05, 0) is 22.9 Å². The van der Waals surface area contributed by atoms with Gasteiger partial charge in [0.15, 0.2) is 0 Å². The molecule has 1 amide bonds. The summed E-state index contributed by atoms with van der Waals surface area (Å²) in [6.45, 7) is 0.842. The van der Waals surface area contributed by atoms with Crippen molar-refractivity contribution in [2.75, 3.05) is 13.2 Å². The first-order valence-electron chi connectivity index (χ1n) is 9.02. The summed E-state index contributed by atoms with van der Waals surface area (Å²) in [6, 6.07) is 15.9. The van der Waals surface area contributed by atoms with Crippen LogP contribution in [0.2, 0.25) is 0 Å². The quantitative estimate of drug-likeness (QED) is 0.457. The van der Waals surface area contributed by atoms with E-state index in [4.69, 9.17) is 9.15 Å². The van der Waals surface area contributed by atoms with E-state index < -0.39 is 0 Å². The van der Waals surface area contributed by atoms with Gasteiger partial charge in [0.05, 0.1) is 6.54 Å². The number of carbonyl (C=O) groups is 1. The second-order valence-electron chi connectivity index (χ2n) is 6.19. The average molecular weight is 393 g/mol. The van der Waals surface area contributed by atoms with Gasteiger partial charge >= 0.3 is 0 Å². The molecule has 0 saturated carbocycles. The first kappa shape index (κ1) is 18.2. The van der Waals surface area contributed by atoms with Crippen molar-refractivity contribution in [1.82, 2.24) is 15.5 Å². The summed E-state index contributed by atoms with van der Waals surface area (Å²) in [5, 5.41) is 16.9. The number of carbonyl (C=O) groups excluding carboxylic acids is 1. The number of nitrogens with one attached hydrogen (secondary N) is 1. The predicted molar refractivity (Wildman–Crippen MR) is 108 cm³/mol. The van der Waals surface area contributed by atoms with Crippen LogP contribution in [0.4, 0.5) is 0 Å². The number of amides is 1. The molecule has 0 aliphatic heterocycles. The minimum absolute atomic E-state index is 0.0724. The molecule has 1 N–H and O–H groups in total. The van der Waals surface area contributed by atoms with Crippen molar-refractivity contribution in [2.45, 2.75) is 12.8 Å². The van der Waals surface area contributed by atoms with E-state index in [1.807, 2.05) is 59.3 Å². The van der Waals surface area contributed by atoms with Crippen LogP contribution in [0, 0.1) is 0 Å². The van der Waals surface area contributed by atoms with Gasteiger partial charge in [-0.25, -0.2) is 0 Å². The van der Waals surface area contributed by atoms with Gasteiger partial charge in [-0.2, -0.15) is 11.3 Å². The zero-order valence-electron chi connectivity index (χ0n) is 15.1. The Kier molecular flexibility index (Phi) is 5.63. The van der Waals surface area contributed by atoms with Crippen LogP contribution in [0.25, 0.3) is 22.2 Å². The van der Waals surface area contributed by atoms with E-state index in [1.165, 1.54) is 0 Å². The van der Waals surface area contributed by atoms with Gasteiger partial charge in [0.1, 0.15) is 12.4 Å². The molecule has 0 spiro atoms. The average Bonchev–Trinajstić information content (AvgIpc) is 3.41. The van der Waals surface area contributed by atoms with Gasteiger partial charge in [-0.1, -0.05) is 36.4 Å². The summed E-state index contributed by atoms with van der Waals surface area (Å²) in [7, 11) is 0. The van der Waals surface area contributed by atoms with Crippen LogP contribution in [0.5, 0.6) is 5.75 Å². The number of benzene rings is 2. The zero-order chi connectivity index (χ0) is 19.2. The molecule has 0 bridgehead atoms. The largest absolute Gasteiger partial charge is 0.491 e. The van der Waals surface area contributed by atoms with E-state index in [1.54, 1.807) is 11.3 Å². The Labute approximate surface area is 166 Å². The van der Waals surface area contributed by atoms with E-state index >= 15 is 0 Å². The molecular weight excluding hydrogens is 374 g/mol. The van der Waals surface area contributed by atoms with Crippen LogP contribution in [0.1, 0.15) is 12.3 Å². The molecule has 0 saturated heterocycles. The van der Waals surface area contributed by atoms with Crippen LogP contribution in [-0.4, -0.2) is 29.3 Å². The zero-order valence-corrected chi connectivity index (χ0v) is 15.9. The molecule has 4 rings (SSSR count). The molecule has 7 heteroatoms. The normalized spacial score (nSPS) is 10.9. The lowest BCUT2D eigenvalue weighted by molar-refractivity contribution is -0.121. The maximum atomic E-state index is 12.0. The highest BCUT2D eigenvalue weighted by atomic mass is 32.1. The molecule has 0 fully saturated rings. The van der Waals surface area contributed by atoms with Crippen LogP contribution in [0.3, 0.4) is 0 Å². The Morgan fingerprint density at radius 1 is 1.11 bits per heavy atom. The Hall–Kier alpha value is -3.19. The van der Waals surface area contributed by atoms with Crippen LogP contribution < -0.4 is 10.1 Å². The second-order valence-corrected chi connectivity index (χ2v) is 6.97. The van der Waals surface area contributed by atoms with Crippen LogP contribution >= 0.6 is 11.3 Å². The minimum atomic E-state index is -0.0724. The summed E-state index contributed by atoms with van der Waals surface area (Å²) >= 11 is 1.57. The number of aromatic nitrogens is 2. The van der Waals surface area contributed by atoms with Crippen molar-refractivity contribution < 1.29 is 13.9 Å². The summed E-state index contributed by atoms with van der Waals surface area (Å²) in [6.07, 6.45) is 0.701. The minimum Gasteiger partial charge on any atom is -0.491 e. The highest BCUT2D eigenvalue weighted by Gasteiger charge is 2.10. The van der Waals surface area contributed by atoms with Gasteiger partial charge in [-0.15, -0.1) is 10.2 Å². The van der Waals surface area contributed by atoms with Gasteiger partial charge in [0.2, 0.25) is 17.7 Å². The SMILES string of the molecule is O=C(CCc1nnc(-c2ccsc2)o1)NCCOc1cccc2ccccc12. The van der Waals surface area contributed by atoms with Gasteiger partial charge in [0, 0.05) is 29.2 Å². The standard InChI is InChI=1S/C21H19N3O3S/c25-19(8-9-20-23-24-21(27-20)16-10-13-28-14-16)22-11-12-26-18-7-3-5-15-4-1-2-6-17(15)18/h1-7,10,13-14H,8-9,11-12H2,(H,22,25). The molecule has 0 aliphatic carbocycles. The summed E-state index contributed by atoms with van der Waals surface area (Å²) in [5.41, 5.74) is 0.902. The Morgan fingerprint density at radius 3 is 2.89 bits per heavy atom.